The number of nitrogens with zero attached hydrogens (tertiary/aromatic N) is 5. The first-order valence-electron chi connectivity index (χ1n) is 18.5. The van der Waals surface area contributed by atoms with Crippen LogP contribution in [0.2, 0.25) is 0 Å². The van der Waals surface area contributed by atoms with Crippen molar-refractivity contribution in [2.24, 2.45) is 17.3 Å². The number of carbonyl (C=O) groups is 3. The number of fused-ring (bicyclic) bond motifs is 3. The van der Waals surface area contributed by atoms with Gasteiger partial charge in [0.25, 0.3) is 11.8 Å². The van der Waals surface area contributed by atoms with E-state index in [0.717, 1.165) is 91.1 Å². The van der Waals surface area contributed by atoms with Crippen LogP contribution in [0.5, 0.6) is 0 Å². The third-order valence-corrected chi connectivity index (χ3v) is 12.4. The van der Waals surface area contributed by atoms with Crippen molar-refractivity contribution >= 4 is 34.8 Å². The monoisotopic (exact) mass is 712 g/mol. The second kappa shape index (κ2) is 13.4. The fourth-order valence-electron chi connectivity index (χ4n) is 8.77. The summed E-state index contributed by atoms with van der Waals surface area (Å²) >= 11 is 0. The lowest BCUT2D eigenvalue weighted by molar-refractivity contribution is -0.120. The molecule has 4 aliphatic rings. The molecule has 3 N–H and O–H groups in total. The number of hydrogen-bond acceptors (Lipinski definition) is 7. The standard InChI is InChI=1S/C39H46F2N8O3/c1-38-20-32-29(19-33(38)39(38,40)41)36(46-45-32)31-17-25-3-4-26(18-30(25)44-31)37(52)49-15-13-47(14-16-49)22-24-9-11-48(12-10-24)34-7-5-27(21-43-34)28(23-50)6-8-35(51)42-2/h3-5,7,17-18,21,23-24,28,33,44H,6,8-16,19-20,22H2,1-2H3,(H,42,51)(H,45,46). The highest BCUT2D eigenvalue weighted by atomic mass is 19.3. The van der Waals surface area contributed by atoms with E-state index in [2.05, 4.69) is 35.3 Å². The molecule has 274 valence electrons. The Labute approximate surface area is 301 Å². The molecular formula is C39H46F2N8O3. The summed E-state index contributed by atoms with van der Waals surface area (Å²) in [6, 6.07) is 11.6. The zero-order valence-corrected chi connectivity index (χ0v) is 29.8. The number of piperazine rings is 1. The molecule has 1 saturated carbocycles. The highest BCUT2D eigenvalue weighted by Crippen LogP contribution is 2.70. The average Bonchev–Trinajstić information content (AvgIpc) is 3.55. The number of piperidine rings is 1. The fraction of sp³-hybridized carbons (Fsp3) is 0.513. The largest absolute Gasteiger partial charge is 0.359 e. The van der Waals surface area contributed by atoms with Gasteiger partial charge in [0.2, 0.25) is 5.91 Å². The van der Waals surface area contributed by atoms with Gasteiger partial charge in [-0.3, -0.25) is 19.6 Å². The molecule has 3 unspecified atom stereocenters. The zero-order chi connectivity index (χ0) is 36.2. The number of aromatic nitrogens is 4. The van der Waals surface area contributed by atoms with Crippen LogP contribution in [-0.4, -0.2) is 107 Å². The maximum absolute atomic E-state index is 14.5. The number of carbonyl (C=O) groups excluding carboxylic acids is 3. The van der Waals surface area contributed by atoms with Crippen LogP contribution in [0.3, 0.4) is 0 Å². The molecule has 5 heterocycles. The van der Waals surface area contributed by atoms with Gasteiger partial charge in [0.1, 0.15) is 17.8 Å². The van der Waals surface area contributed by atoms with E-state index in [4.69, 9.17) is 0 Å². The fourth-order valence-corrected chi connectivity index (χ4v) is 8.77. The van der Waals surface area contributed by atoms with Crippen LogP contribution >= 0.6 is 0 Å². The van der Waals surface area contributed by atoms with Gasteiger partial charge in [0.05, 0.1) is 5.69 Å². The average molecular weight is 713 g/mol. The van der Waals surface area contributed by atoms with Crippen molar-refractivity contribution in [3.63, 3.8) is 0 Å². The number of anilines is 1. The van der Waals surface area contributed by atoms with Crippen molar-refractivity contribution in [1.82, 2.24) is 35.3 Å². The third-order valence-electron chi connectivity index (χ3n) is 12.4. The number of aromatic amines is 2. The number of rotatable bonds is 10. The van der Waals surface area contributed by atoms with Gasteiger partial charge in [-0.2, -0.15) is 5.10 Å². The van der Waals surface area contributed by atoms with Gasteiger partial charge in [-0.05, 0) is 61.4 Å². The van der Waals surface area contributed by atoms with E-state index in [0.29, 0.717) is 55.9 Å². The number of hydrogen-bond donors (Lipinski definition) is 3. The Morgan fingerprint density at radius 3 is 2.58 bits per heavy atom. The summed E-state index contributed by atoms with van der Waals surface area (Å²) in [6.07, 6.45) is 6.18. The first kappa shape index (κ1) is 34.4. The van der Waals surface area contributed by atoms with Crippen molar-refractivity contribution in [1.29, 1.82) is 0 Å². The van der Waals surface area contributed by atoms with Crippen LogP contribution in [0, 0.1) is 17.3 Å². The maximum Gasteiger partial charge on any atom is 0.258 e. The van der Waals surface area contributed by atoms with Gasteiger partial charge in [-0.1, -0.05) is 19.1 Å². The zero-order valence-electron chi connectivity index (χ0n) is 29.8. The van der Waals surface area contributed by atoms with E-state index in [-0.39, 0.29) is 17.7 Å². The van der Waals surface area contributed by atoms with Crippen molar-refractivity contribution in [2.45, 2.75) is 57.3 Å². The Bertz CT molecular complexity index is 1980. The third kappa shape index (κ3) is 6.16. The lowest BCUT2D eigenvalue weighted by atomic mass is 9.87. The number of aldehydes is 1. The van der Waals surface area contributed by atoms with Crippen molar-refractivity contribution in [3.05, 3.63) is 65.0 Å². The molecule has 2 saturated heterocycles. The van der Waals surface area contributed by atoms with Crippen LogP contribution in [0.25, 0.3) is 22.3 Å². The molecule has 2 amide bonds. The summed E-state index contributed by atoms with van der Waals surface area (Å²) in [5, 5.41) is 11.1. The van der Waals surface area contributed by atoms with E-state index in [1.807, 2.05) is 41.3 Å². The Morgan fingerprint density at radius 1 is 1.08 bits per heavy atom. The van der Waals surface area contributed by atoms with E-state index >= 15 is 0 Å². The molecule has 0 radical (unpaired) electrons. The molecule has 1 aromatic carbocycles. The van der Waals surface area contributed by atoms with Crippen molar-refractivity contribution in [2.75, 3.05) is 57.8 Å². The molecule has 3 fully saturated rings. The molecule has 11 nitrogen and oxygen atoms in total. The molecule has 0 spiro atoms. The topological polar surface area (TPSA) is 130 Å². The molecule has 52 heavy (non-hydrogen) atoms. The highest BCUT2D eigenvalue weighted by Gasteiger charge is 2.78. The normalized spacial score (nSPS) is 23.6. The number of amides is 2. The molecule has 13 heteroatoms. The Hall–Kier alpha value is -4.65. The predicted molar refractivity (Wildman–Crippen MR) is 193 cm³/mol. The lowest BCUT2D eigenvalue weighted by Gasteiger charge is -2.39. The smallest absolute Gasteiger partial charge is 0.258 e. The number of nitrogens with one attached hydrogen (secondary N) is 3. The number of alkyl halides is 2. The van der Waals surface area contributed by atoms with E-state index in [9.17, 15) is 23.2 Å². The van der Waals surface area contributed by atoms with Crippen molar-refractivity contribution < 1.29 is 23.2 Å². The van der Waals surface area contributed by atoms with Crippen LogP contribution in [0.1, 0.15) is 65.7 Å². The first-order chi connectivity index (χ1) is 25.1. The molecule has 2 aliphatic carbocycles. The Morgan fingerprint density at radius 2 is 1.87 bits per heavy atom. The maximum atomic E-state index is 14.5. The minimum atomic E-state index is -2.64. The summed E-state index contributed by atoms with van der Waals surface area (Å²) in [4.78, 5) is 51.6. The molecule has 4 aromatic rings. The molecule has 2 aliphatic heterocycles. The van der Waals surface area contributed by atoms with Gasteiger partial charge >= 0.3 is 0 Å². The molecule has 3 atom stereocenters. The summed E-state index contributed by atoms with van der Waals surface area (Å²) in [5.41, 5.74) is 4.45. The second-order valence-electron chi connectivity index (χ2n) is 15.4. The van der Waals surface area contributed by atoms with E-state index < -0.39 is 17.3 Å². The minimum Gasteiger partial charge on any atom is -0.359 e. The number of pyridine rings is 1. The Kier molecular flexibility index (Phi) is 8.87. The van der Waals surface area contributed by atoms with Gasteiger partial charge in [-0.25, -0.2) is 13.8 Å². The van der Waals surface area contributed by atoms with Gasteiger partial charge < -0.3 is 24.9 Å². The summed E-state index contributed by atoms with van der Waals surface area (Å²) < 4.78 is 28.9. The summed E-state index contributed by atoms with van der Waals surface area (Å²) in [6.45, 7) is 7.56. The van der Waals surface area contributed by atoms with E-state index in [1.54, 1.807) is 20.2 Å². The molecular weight excluding hydrogens is 666 g/mol. The summed E-state index contributed by atoms with van der Waals surface area (Å²) in [5.74, 6) is -2.19. The first-order valence-corrected chi connectivity index (χ1v) is 18.5. The van der Waals surface area contributed by atoms with Crippen molar-refractivity contribution in [3.8, 4) is 11.4 Å². The summed E-state index contributed by atoms with van der Waals surface area (Å²) in [7, 11) is 1.60. The van der Waals surface area contributed by atoms with Gasteiger partial charge in [-0.15, -0.1) is 0 Å². The minimum absolute atomic E-state index is 0.0165. The quantitative estimate of drug-likeness (QED) is 0.202. The SMILES string of the molecule is CNC(=O)CCC(C=O)c1ccc(N2CCC(CN3CCN(C(=O)c4ccc5cc(-c6n[nH]c7c6CC6C(F)(F)C6(C)C7)[nH]c5c4)CC3)CC2)nc1. The second-order valence-corrected chi connectivity index (χ2v) is 15.4. The van der Waals surface area contributed by atoms with Crippen LogP contribution < -0.4 is 10.2 Å². The highest BCUT2D eigenvalue weighted by molar-refractivity contribution is 5.99. The predicted octanol–water partition coefficient (Wildman–Crippen LogP) is 4.81. The number of halogens is 2. The van der Waals surface area contributed by atoms with E-state index in [1.165, 1.54) is 0 Å². The number of benzene rings is 1. The van der Waals surface area contributed by atoms with Gasteiger partial charge in [0.15, 0.2) is 0 Å². The number of H-pyrrole nitrogens is 2. The molecule has 3 aromatic heterocycles. The van der Waals surface area contributed by atoms with Crippen LogP contribution in [-0.2, 0) is 22.4 Å². The lowest BCUT2D eigenvalue weighted by Crippen LogP contribution is -2.50. The Balaban J connectivity index is 0.816. The molecule has 8 rings (SSSR count). The molecule has 0 bridgehead atoms. The van der Waals surface area contributed by atoms with Gasteiger partial charge in [0, 0.05) is 117 Å². The van der Waals surface area contributed by atoms with Crippen LogP contribution in [0.4, 0.5) is 14.6 Å². The van der Waals surface area contributed by atoms with Crippen LogP contribution in [0.15, 0.2) is 42.6 Å².